The Bertz CT molecular complexity index is 768. The topological polar surface area (TPSA) is 40.9 Å². The third kappa shape index (κ3) is 3.77. The van der Waals surface area contributed by atoms with E-state index in [1.165, 1.54) is 6.07 Å². The van der Waals surface area contributed by atoms with E-state index in [0.29, 0.717) is 17.4 Å². The molecule has 2 rings (SSSR count). The molecule has 1 unspecified atom stereocenters. The molecule has 2 aromatic carbocycles. The first-order valence-corrected chi connectivity index (χ1v) is 7.49. The molecule has 6 heteroatoms. The Hall–Kier alpha value is -2.32. The van der Waals surface area contributed by atoms with Crippen LogP contribution >= 0.6 is 11.6 Å². The van der Waals surface area contributed by atoms with Gasteiger partial charge in [0.15, 0.2) is 0 Å². The number of hydrogen-bond acceptors (Lipinski definition) is 2. The lowest BCUT2D eigenvalue weighted by Crippen LogP contribution is -2.26. The smallest absolute Gasteiger partial charge is 0.301 e. The molecular formula is C18H13ClF3NO. The van der Waals surface area contributed by atoms with E-state index in [9.17, 15) is 23.2 Å². The molecule has 124 valence electrons. The number of carbonyl (C=O) groups excluding carboxylic acids is 1. The first-order chi connectivity index (χ1) is 11.3. The Balaban J connectivity index is 2.25. The van der Waals surface area contributed by atoms with Gasteiger partial charge in [0, 0.05) is 5.02 Å². The van der Waals surface area contributed by atoms with Crippen LogP contribution in [0.3, 0.4) is 0 Å². The van der Waals surface area contributed by atoms with Crippen molar-refractivity contribution in [2.75, 3.05) is 0 Å². The minimum absolute atomic E-state index is 0.0318. The lowest BCUT2D eigenvalue weighted by Gasteiger charge is -2.21. The number of nitrogens with zero attached hydrogens (tertiary/aromatic N) is 1. The number of halogens is 4. The number of alkyl halides is 3. The molecule has 2 aromatic rings. The maximum atomic E-state index is 12.7. The third-order valence-corrected chi connectivity index (χ3v) is 4.21. The molecule has 0 heterocycles. The minimum Gasteiger partial charge on any atom is -0.301 e. The molecular weight excluding hydrogens is 339 g/mol. The van der Waals surface area contributed by atoms with Crippen LogP contribution in [0.1, 0.15) is 23.1 Å². The minimum atomic E-state index is -4.47. The largest absolute Gasteiger partial charge is 0.416 e. The van der Waals surface area contributed by atoms with Gasteiger partial charge in [-0.25, -0.2) is 0 Å². The fraction of sp³-hybridized carbons (Fsp3) is 0.222. The molecule has 0 aliphatic heterocycles. The zero-order valence-corrected chi connectivity index (χ0v) is 13.2. The first kappa shape index (κ1) is 18.0. The molecule has 0 N–H and O–H groups in total. The number of benzene rings is 2. The number of carbonyl (C=O) groups is 1. The summed E-state index contributed by atoms with van der Waals surface area (Å²) < 4.78 is 38.0. The van der Waals surface area contributed by atoms with Crippen LogP contribution in [0.4, 0.5) is 13.2 Å². The van der Waals surface area contributed by atoms with Crippen LogP contribution in [0, 0.1) is 11.3 Å². The molecule has 24 heavy (non-hydrogen) atoms. The zero-order chi connectivity index (χ0) is 17.8. The van der Waals surface area contributed by atoms with E-state index < -0.39 is 17.2 Å². The van der Waals surface area contributed by atoms with Crippen LogP contribution in [0.5, 0.6) is 0 Å². The predicted molar refractivity (Wildman–Crippen MR) is 84.6 cm³/mol. The van der Waals surface area contributed by atoms with Crippen molar-refractivity contribution >= 4 is 17.9 Å². The van der Waals surface area contributed by atoms with Crippen LogP contribution in [0.15, 0.2) is 48.5 Å². The molecule has 0 spiro atoms. The highest BCUT2D eigenvalue weighted by atomic mass is 35.5. The van der Waals surface area contributed by atoms with Gasteiger partial charge in [-0.3, -0.25) is 0 Å². The van der Waals surface area contributed by atoms with Gasteiger partial charge >= 0.3 is 6.18 Å². The normalized spacial score (nSPS) is 13.8. The van der Waals surface area contributed by atoms with Gasteiger partial charge in [0.05, 0.1) is 11.6 Å². The van der Waals surface area contributed by atoms with Crippen LogP contribution in [0.25, 0.3) is 0 Å². The molecule has 0 saturated carbocycles. The van der Waals surface area contributed by atoms with E-state index in [1.54, 1.807) is 30.3 Å². The van der Waals surface area contributed by atoms with Crippen molar-refractivity contribution in [3.8, 4) is 6.07 Å². The van der Waals surface area contributed by atoms with Crippen molar-refractivity contribution in [2.24, 2.45) is 0 Å². The van der Waals surface area contributed by atoms with Crippen molar-refractivity contribution in [1.82, 2.24) is 0 Å². The van der Waals surface area contributed by atoms with Gasteiger partial charge < -0.3 is 4.79 Å². The molecule has 0 aromatic heterocycles. The predicted octanol–water partition coefficient (Wildman–Crippen LogP) is 4.95. The number of aldehydes is 1. The second-order valence-electron chi connectivity index (χ2n) is 5.37. The number of nitriles is 1. The molecule has 0 saturated heterocycles. The standard InChI is InChI=1S/C18H13ClF3NO/c19-16-10-15(18(20,21)22)7-6-13(16)8-9-17(11-23,12-24)14-4-2-1-3-5-14/h1-7,10,12H,8-9H2. The van der Waals surface area contributed by atoms with E-state index >= 15 is 0 Å². The van der Waals surface area contributed by atoms with E-state index in [-0.39, 0.29) is 17.9 Å². The number of rotatable bonds is 5. The molecule has 0 radical (unpaired) electrons. The maximum Gasteiger partial charge on any atom is 0.416 e. The van der Waals surface area contributed by atoms with Gasteiger partial charge in [0.25, 0.3) is 0 Å². The van der Waals surface area contributed by atoms with Crippen LogP contribution in [-0.2, 0) is 22.8 Å². The summed E-state index contributed by atoms with van der Waals surface area (Å²) >= 11 is 5.93. The molecule has 0 aliphatic carbocycles. The Morgan fingerprint density at radius 1 is 1.08 bits per heavy atom. The third-order valence-electron chi connectivity index (χ3n) is 3.86. The van der Waals surface area contributed by atoms with Crippen LogP contribution in [-0.4, -0.2) is 6.29 Å². The molecule has 0 aliphatic rings. The molecule has 2 nitrogen and oxygen atoms in total. The second kappa shape index (κ2) is 7.06. The number of aryl methyl sites for hydroxylation is 1. The monoisotopic (exact) mass is 351 g/mol. The summed E-state index contributed by atoms with van der Waals surface area (Å²) in [5.74, 6) is 0. The fourth-order valence-corrected chi connectivity index (χ4v) is 2.69. The van der Waals surface area contributed by atoms with Crippen molar-refractivity contribution < 1.29 is 18.0 Å². The lowest BCUT2D eigenvalue weighted by atomic mass is 9.78. The van der Waals surface area contributed by atoms with Gasteiger partial charge in [0.2, 0.25) is 0 Å². The lowest BCUT2D eigenvalue weighted by molar-refractivity contribution is -0.137. The van der Waals surface area contributed by atoms with E-state index in [4.69, 9.17) is 11.6 Å². The van der Waals surface area contributed by atoms with Crippen molar-refractivity contribution in [2.45, 2.75) is 24.4 Å². The summed E-state index contributed by atoms with van der Waals surface area (Å²) in [6, 6.07) is 13.6. The Labute approximate surface area is 142 Å². The average molecular weight is 352 g/mol. The van der Waals surface area contributed by atoms with Gasteiger partial charge in [-0.1, -0.05) is 48.0 Å². The quantitative estimate of drug-likeness (QED) is 0.715. The Kier molecular flexibility index (Phi) is 5.30. The summed E-state index contributed by atoms with van der Waals surface area (Å²) in [6.07, 6.45) is -3.56. The van der Waals surface area contributed by atoms with E-state index in [0.717, 1.165) is 12.1 Å². The van der Waals surface area contributed by atoms with Crippen molar-refractivity contribution in [3.63, 3.8) is 0 Å². The highest BCUT2D eigenvalue weighted by Gasteiger charge is 2.33. The summed E-state index contributed by atoms with van der Waals surface area (Å²) in [4.78, 5) is 11.5. The maximum absolute atomic E-state index is 12.7. The highest BCUT2D eigenvalue weighted by Crippen LogP contribution is 2.34. The highest BCUT2D eigenvalue weighted by molar-refractivity contribution is 6.31. The van der Waals surface area contributed by atoms with Gasteiger partial charge in [0.1, 0.15) is 11.7 Å². The van der Waals surface area contributed by atoms with Crippen molar-refractivity contribution in [3.05, 3.63) is 70.2 Å². The SMILES string of the molecule is N#CC(C=O)(CCc1ccc(C(F)(F)F)cc1Cl)c1ccccc1. The van der Waals surface area contributed by atoms with E-state index in [2.05, 4.69) is 0 Å². The molecule has 0 bridgehead atoms. The zero-order valence-electron chi connectivity index (χ0n) is 12.5. The molecule has 0 fully saturated rings. The van der Waals surface area contributed by atoms with Crippen LogP contribution < -0.4 is 0 Å². The summed E-state index contributed by atoms with van der Waals surface area (Å²) in [5.41, 5.74) is -1.18. The first-order valence-electron chi connectivity index (χ1n) is 7.11. The van der Waals surface area contributed by atoms with Crippen molar-refractivity contribution in [1.29, 1.82) is 5.26 Å². The summed E-state index contributed by atoms with van der Waals surface area (Å²) in [5, 5.41) is 9.43. The average Bonchev–Trinajstić information content (AvgIpc) is 2.57. The molecule has 1 atom stereocenters. The second-order valence-corrected chi connectivity index (χ2v) is 5.78. The fourth-order valence-electron chi connectivity index (χ4n) is 2.41. The Morgan fingerprint density at radius 3 is 2.25 bits per heavy atom. The van der Waals surface area contributed by atoms with Gasteiger partial charge in [-0.15, -0.1) is 0 Å². The van der Waals surface area contributed by atoms with Gasteiger partial charge in [-0.05, 0) is 36.1 Å². The van der Waals surface area contributed by atoms with Crippen LogP contribution in [0.2, 0.25) is 5.02 Å². The van der Waals surface area contributed by atoms with Gasteiger partial charge in [-0.2, -0.15) is 18.4 Å². The Morgan fingerprint density at radius 2 is 1.75 bits per heavy atom. The number of hydrogen-bond donors (Lipinski definition) is 0. The molecule has 0 amide bonds. The van der Waals surface area contributed by atoms with E-state index in [1.807, 2.05) is 6.07 Å². The summed E-state index contributed by atoms with van der Waals surface area (Å²) in [7, 11) is 0. The summed E-state index contributed by atoms with van der Waals surface area (Å²) in [6.45, 7) is 0.